The van der Waals surface area contributed by atoms with E-state index in [0.29, 0.717) is 19.1 Å². The van der Waals surface area contributed by atoms with Crippen molar-refractivity contribution in [2.24, 2.45) is 0 Å². The molecule has 3 aromatic carbocycles. The van der Waals surface area contributed by atoms with Gasteiger partial charge in [0.2, 0.25) is 5.78 Å². The van der Waals surface area contributed by atoms with Gasteiger partial charge in [0.05, 0.1) is 0 Å². The minimum atomic E-state index is -6.73. The molecule has 0 aromatic heterocycles. The van der Waals surface area contributed by atoms with E-state index in [1.54, 1.807) is 0 Å². The topological polar surface area (TPSA) is 98.7 Å². The first-order valence-electron chi connectivity index (χ1n) is 14.1. The molecule has 0 radical (unpaired) electrons. The van der Waals surface area contributed by atoms with Gasteiger partial charge in [-0.3, -0.25) is 9.59 Å². The molecule has 0 saturated heterocycles. The van der Waals surface area contributed by atoms with Crippen LogP contribution in [-0.2, 0) is 39.1 Å². The summed E-state index contributed by atoms with van der Waals surface area (Å²) in [5.74, 6) is -13.5. The molecule has 3 rings (SSSR count). The lowest BCUT2D eigenvalue weighted by Crippen LogP contribution is -2.54. The molecule has 292 valence electrons. The van der Waals surface area contributed by atoms with Crippen LogP contribution in [0.15, 0.2) is 60.7 Å². The Hall–Kier alpha value is -4.60. The zero-order valence-corrected chi connectivity index (χ0v) is 26.2. The van der Waals surface area contributed by atoms with Crippen LogP contribution in [-0.4, -0.2) is 53.7 Å². The number of ketones is 1. The molecule has 4 N–H and O–H groups in total. The molecule has 22 heteroatoms. The molecular formula is C31H22F16N2O4. The first-order chi connectivity index (χ1) is 23.8. The van der Waals surface area contributed by atoms with Gasteiger partial charge in [0, 0.05) is 47.6 Å². The number of Topliss-reactive ketones (excluding diaryl/α,β-unsaturated/α-hetero) is 1. The average molecular weight is 790 g/mol. The number of halogens is 16. The zero-order valence-electron chi connectivity index (χ0n) is 26.2. The highest BCUT2D eigenvalue weighted by atomic mass is 19.4. The number of rotatable bonds is 10. The Bertz CT molecular complexity index is 1820. The maximum atomic E-state index is 15.1. The quantitative estimate of drug-likeness (QED) is 0.155. The van der Waals surface area contributed by atoms with Crippen LogP contribution in [0.25, 0.3) is 0 Å². The summed E-state index contributed by atoms with van der Waals surface area (Å²) < 4.78 is 224. The van der Waals surface area contributed by atoms with Crippen LogP contribution in [0.4, 0.5) is 81.6 Å². The fraction of sp³-hybridized carbons (Fsp3) is 0.355. The van der Waals surface area contributed by atoms with Crippen molar-refractivity contribution >= 4 is 23.1 Å². The summed E-state index contributed by atoms with van der Waals surface area (Å²) in [6.07, 6.45) is -27.4. The van der Waals surface area contributed by atoms with Gasteiger partial charge in [-0.1, -0.05) is 36.4 Å². The number of amides is 1. The number of nitrogens with one attached hydrogen (secondary N) is 2. The summed E-state index contributed by atoms with van der Waals surface area (Å²) >= 11 is 0. The van der Waals surface area contributed by atoms with Crippen LogP contribution in [0.1, 0.15) is 40.3 Å². The molecule has 6 nitrogen and oxygen atoms in total. The molecular weight excluding hydrogens is 768 g/mol. The molecule has 53 heavy (non-hydrogen) atoms. The molecule has 0 aliphatic heterocycles. The second kappa shape index (κ2) is 13.7. The Kier molecular flexibility index (Phi) is 11.0. The molecule has 0 aliphatic carbocycles. The summed E-state index contributed by atoms with van der Waals surface area (Å²) in [6.45, 7) is 0.458. The molecule has 0 bridgehead atoms. The predicted molar refractivity (Wildman–Crippen MR) is 151 cm³/mol. The lowest BCUT2D eigenvalue weighted by molar-refractivity contribution is -0.376. The van der Waals surface area contributed by atoms with Gasteiger partial charge in [-0.15, -0.1) is 0 Å². The summed E-state index contributed by atoms with van der Waals surface area (Å²) in [5.41, 5.74) is -22.7. The van der Waals surface area contributed by atoms with Crippen molar-refractivity contribution in [2.75, 3.05) is 17.7 Å². The van der Waals surface area contributed by atoms with E-state index >= 15 is 8.78 Å². The molecule has 0 spiro atoms. The van der Waals surface area contributed by atoms with Crippen molar-refractivity contribution in [1.29, 1.82) is 0 Å². The Balaban J connectivity index is 2.19. The highest BCUT2D eigenvalue weighted by Gasteiger charge is 2.73. The molecule has 0 fully saturated rings. The fourth-order valence-corrected chi connectivity index (χ4v) is 4.92. The molecule has 0 heterocycles. The van der Waals surface area contributed by atoms with Crippen molar-refractivity contribution < 1.29 is 90.0 Å². The third-order valence-corrected chi connectivity index (χ3v) is 7.85. The first kappa shape index (κ1) is 42.8. The number of carbonyl (C=O) groups excluding carboxylic acids is 2. The smallest absolute Gasteiger partial charge is 0.388 e. The van der Waals surface area contributed by atoms with Gasteiger partial charge in [-0.25, -0.2) is 0 Å². The van der Waals surface area contributed by atoms with Crippen molar-refractivity contribution in [3.8, 4) is 0 Å². The van der Waals surface area contributed by atoms with E-state index in [1.807, 2.05) is 5.32 Å². The van der Waals surface area contributed by atoms with Crippen LogP contribution in [0.2, 0.25) is 0 Å². The van der Waals surface area contributed by atoms with Crippen LogP contribution in [0.3, 0.4) is 0 Å². The van der Waals surface area contributed by atoms with E-state index in [-0.39, 0.29) is 42.5 Å². The average Bonchev–Trinajstić information content (AvgIpc) is 3.02. The number of anilines is 2. The largest absolute Gasteiger partial charge is 0.430 e. The van der Waals surface area contributed by atoms with Gasteiger partial charge >= 0.3 is 36.6 Å². The summed E-state index contributed by atoms with van der Waals surface area (Å²) in [6, 6.07) is 2.82. The van der Waals surface area contributed by atoms with E-state index in [0.717, 1.165) is 18.4 Å². The van der Waals surface area contributed by atoms with Crippen LogP contribution in [0, 0.1) is 0 Å². The molecule has 0 saturated carbocycles. The van der Waals surface area contributed by atoms with E-state index < -0.39 is 111 Å². The molecule has 0 aliphatic rings. The molecule has 0 unspecified atom stereocenters. The third kappa shape index (κ3) is 7.60. The Morgan fingerprint density at radius 2 is 0.887 bits per heavy atom. The number of hydrogen-bond donors (Lipinski definition) is 4. The standard InChI is InChI=1S/C31H22F16N2O4/c1-14(50)24(32,33)17-5-7-18(8-6-17)25(34,35)23(51)49-22-10-4-16(13-20(22)27(53,30(42,43)44)31(45,46)47)11-15-3-9-21(48-2)19(12-15)26(52,28(36,37)38)29(39,40)41/h3-10,12-13,48,52-53H,11H2,1-2H3,(H,49,51). The molecule has 3 aromatic rings. The first-order valence-corrected chi connectivity index (χ1v) is 14.1. The number of aliphatic hydroxyl groups is 2. The number of carbonyl (C=O) groups is 2. The normalized spacial score (nSPS) is 13.9. The Morgan fingerprint density at radius 3 is 1.23 bits per heavy atom. The monoisotopic (exact) mass is 790 g/mol. The lowest BCUT2D eigenvalue weighted by atomic mass is 9.86. The number of hydrogen-bond acceptors (Lipinski definition) is 5. The van der Waals surface area contributed by atoms with Gasteiger partial charge in [-0.2, -0.15) is 70.2 Å². The lowest BCUT2D eigenvalue weighted by Gasteiger charge is -2.34. The van der Waals surface area contributed by atoms with Crippen molar-refractivity contribution in [3.05, 3.63) is 94.0 Å². The Morgan fingerprint density at radius 1 is 0.547 bits per heavy atom. The maximum absolute atomic E-state index is 15.1. The van der Waals surface area contributed by atoms with Gasteiger partial charge in [0.25, 0.3) is 17.1 Å². The summed E-state index contributed by atoms with van der Waals surface area (Å²) in [7, 11) is 0.853. The SMILES string of the molecule is CNc1ccc(Cc2ccc(NC(=O)C(F)(F)c3ccc(C(F)(F)C(C)=O)cc3)c(C(O)(C(F)(F)F)C(F)(F)F)c2)cc1C(O)(C(F)(F)F)C(F)(F)F. The molecule has 1 amide bonds. The fourth-order valence-electron chi connectivity index (χ4n) is 4.92. The van der Waals surface area contributed by atoms with Crippen molar-refractivity contribution in [3.63, 3.8) is 0 Å². The van der Waals surface area contributed by atoms with E-state index in [1.165, 1.54) is 0 Å². The van der Waals surface area contributed by atoms with E-state index in [2.05, 4.69) is 0 Å². The minimum Gasteiger partial charge on any atom is -0.388 e. The summed E-state index contributed by atoms with van der Waals surface area (Å²) in [4.78, 5) is 23.8. The number of benzene rings is 3. The van der Waals surface area contributed by atoms with Crippen molar-refractivity contribution in [2.45, 2.75) is 61.1 Å². The Labute approximate surface area is 286 Å². The predicted octanol–water partition coefficient (Wildman–Crippen LogP) is 8.35. The van der Waals surface area contributed by atoms with Gasteiger partial charge in [-0.05, 0) is 41.8 Å². The van der Waals surface area contributed by atoms with Gasteiger partial charge in [0.15, 0.2) is 0 Å². The number of alkyl halides is 16. The van der Waals surface area contributed by atoms with Crippen LogP contribution < -0.4 is 10.6 Å². The highest BCUT2D eigenvalue weighted by Crippen LogP contribution is 2.54. The summed E-state index contributed by atoms with van der Waals surface area (Å²) in [5, 5.41) is 23.1. The second-order valence-electron chi connectivity index (χ2n) is 11.3. The second-order valence-corrected chi connectivity index (χ2v) is 11.3. The molecule has 0 atom stereocenters. The third-order valence-electron chi connectivity index (χ3n) is 7.85. The van der Waals surface area contributed by atoms with E-state index in [9.17, 15) is 81.3 Å². The highest BCUT2D eigenvalue weighted by molar-refractivity contribution is 5.97. The van der Waals surface area contributed by atoms with Crippen LogP contribution in [0.5, 0.6) is 0 Å². The van der Waals surface area contributed by atoms with Crippen molar-refractivity contribution in [1.82, 2.24) is 0 Å². The minimum absolute atomic E-state index is 0.0833. The van der Waals surface area contributed by atoms with E-state index in [4.69, 9.17) is 0 Å². The van der Waals surface area contributed by atoms with Gasteiger partial charge in [0.1, 0.15) is 0 Å². The van der Waals surface area contributed by atoms with Crippen LogP contribution >= 0.6 is 0 Å². The zero-order chi connectivity index (χ0) is 41.0. The van der Waals surface area contributed by atoms with Gasteiger partial charge < -0.3 is 20.8 Å². The maximum Gasteiger partial charge on any atom is 0.430 e.